The number of esters is 1. The minimum absolute atomic E-state index is 0.00940. The van der Waals surface area contributed by atoms with Crippen LogP contribution in [0.3, 0.4) is 0 Å². The molecule has 1 aromatic carbocycles. The maximum Gasteiger partial charge on any atom is 0.314 e. The van der Waals surface area contributed by atoms with Crippen molar-refractivity contribution in [3.63, 3.8) is 0 Å². The molecule has 0 saturated heterocycles. The lowest BCUT2D eigenvalue weighted by molar-refractivity contribution is -0.140. The van der Waals surface area contributed by atoms with E-state index in [1.807, 2.05) is 30.3 Å². The molecule has 2 nitrogen and oxygen atoms in total. The first kappa shape index (κ1) is 13.8. The Hall–Kier alpha value is -1.31. The monoisotopic (exact) mass is 234 g/mol. The summed E-state index contributed by atoms with van der Waals surface area (Å²) in [4.78, 5) is 12.0. The molecule has 1 aromatic rings. The summed E-state index contributed by atoms with van der Waals surface area (Å²) in [7, 11) is 0. The van der Waals surface area contributed by atoms with E-state index >= 15 is 0 Å². The first-order valence-corrected chi connectivity index (χ1v) is 6.42. The van der Waals surface area contributed by atoms with Gasteiger partial charge in [0.05, 0.1) is 5.92 Å². The maximum atomic E-state index is 12.0. The maximum absolute atomic E-state index is 12.0. The summed E-state index contributed by atoms with van der Waals surface area (Å²) < 4.78 is 5.40. The fourth-order valence-corrected chi connectivity index (χ4v) is 1.83. The van der Waals surface area contributed by atoms with Crippen molar-refractivity contribution in [1.82, 2.24) is 0 Å². The van der Waals surface area contributed by atoms with Crippen molar-refractivity contribution in [2.24, 2.45) is 11.8 Å². The quantitative estimate of drug-likeness (QED) is 0.548. The van der Waals surface area contributed by atoms with Crippen LogP contribution >= 0.6 is 0 Å². The number of carbonyl (C=O) groups is 1. The van der Waals surface area contributed by atoms with Gasteiger partial charge in [0.1, 0.15) is 5.75 Å². The highest BCUT2D eigenvalue weighted by Crippen LogP contribution is 2.21. The number of ether oxygens (including phenoxy) is 1. The van der Waals surface area contributed by atoms with E-state index in [9.17, 15) is 4.79 Å². The van der Waals surface area contributed by atoms with Crippen LogP contribution in [0.4, 0.5) is 0 Å². The Morgan fingerprint density at radius 1 is 1.24 bits per heavy atom. The number of hydrogen-bond donors (Lipinski definition) is 0. The van der Waals surface area contributed by atoms with Gasteiger partial charge in [-0.05, 0) is 24.5 Å². The predicted octanol–water partition coefficient (Wildman–Crippen LogP) is 4.05. The third-order valence-electron chi connectivity index (χ3n) is 2.94. The lowest BCUT2D eigenvalue weighted by atomic mass is 9.91. The highest BCUT2D eigenvalue weighted by molar-refractivity contribution is 5.75. The van der Waals surface area contributed by atoms with Gasteiger partial charge in [0.15, 0.2) is 0 Å². The minimum atomic E-state index is -0.0975. The average molecular weight is 234 g/mol. The zero-order valence-electron chi connectivity index (χ0n) is 11.0. The van der Waals surface area contributed by atoms with Gasteiger partial charge in [-0.25, -0.2) is 0 Å². The number of para-hydroxylation sites is 1. The van der Waals surface area contributed by atoms with E-state index in [1.165, 1.54) is 0 Å². The van der Waals surface area contributed by atoms with Crippen LogP contribution in [0.1, 0.15) is 40.0 Å². The molecule has 0 saturated carbocycles. The number of rotatable bonds is 6. The molecule has 1 atom stereocenters. The van der Waals surface area contributed by atoms with E-state index in [0.717, 1.165) is 19.3 Å². The van der Waals surface area contributed by atoms with Gasteiger partial charge in [-0.3, -0.25) is 4.79 Å². The molecule has 0 bridgehead atoms. The number of benzene rings is 1. The van der Waals surface area contributed by atoms with Crippen molar-refractivity contribution < 1.29 is 9.53 Å². The Kier molecular flexibility index (Phi) is 5.75. The number of carbonyl (C=O) groups excluding carboxylic acids is 1. The summed E-state index contributed by atoms with van der Waals surface area (Å²) in [6.07, 6.45) is 3.11. The van der Waals surface area contributed by atoms with Gasteiger partial charge in [-0.2, -0.15) is 0 Å². The van der Waals surface area contributed by atoms with Gasteiger partial charge in [0, 0.05) is 0 Å². The number of unbranched alkanes of at least 4 members (excludes halogenated alkanes) is 1. The first-order chi connectivity index (χ1) is 8.15. The molecule has 0 aliphatic rings. The Morgan fingerprint density at radius 2 is 1.88 bits per heavy atom. The van der Waals surface area contributed by atoms with Gasteiger partial charge in [-0.15, -0.1) is 0 Å². The van der Waals surface area contributed by atoms with E-state index in [2.05, 4.69) is 20.8 Å². The summed E-state index contributed by atoms with van der Waals surface area (Å²) in [6, 6.07) is 9.29. The van der Waals surface area contributed by atoms with Crippen LogP contribution in [0.2, 0.25) is 0 Å². The highest BCUT2D eigenvalue weighted by Gasteiger charge is 2.23. The van der Waals surface area contributed by atoms with Crippen LogP contribution in [-0.2, 0) is 4.79 Å². The Bertz CT molecular complexity index is 330. The van der Waals surface area contributed by atoms with Gasteiger partial charge in [-0.1, -0.05) is 51.8 Å². The van der Waals surface area contributed by atoms with Crippen LogP contribution in [0.15, 0.2) is 30.3 Å². The molecule has 0 N–H and O–H groups in total. The van der Waals surface area contributed by atoms with Crippen molar-refractivity contribution in [1.29, 1.82) is 0 Å². The van der Waals surface area contributed by atoms with Gasteiger partial charge >= 0.3 is 5.97 Å². The molecular weight excluding hydrogens is 212 g/mol. The number of hydrogen-bond acceptors (Lipinski definition) is 2. The first-order valence-electron chi connectivity index (χ1n) is 6.42. The van der Waals surface area contributed by atoms with Crippen LogP contribution in [0.25, 0.3) is 0 Å². The molecule has 94 valence electrons. The lowest BCUT2D eigenvalue weighted by Gasteiger charge is -2.18. The second-order valence-corrected chi connectivity index (χ2v) is 4.73. The molecule has 0 heterocycles. The minimum Gasteiger partial charge on any atom is -0.426 e. The van der Waals surface area contributed by atoms with Crippen molar-refractivity contribution in [2.45, 2.75) is 40.0 Å². The van der Waals surface area contributed by atoms with Gasteiger partial charge in [0.2, 0.25) is 0 Å². The predicted molar refractivity (Wildman–Crippen MR) is 69.9 cm³/mol. The van der Waals surface area contributed by atoms with Crippen LogP contribution in [-0.4, -0.2) is 5.97 Å². The Morgan fingerprint density at radius 3 is 2.41 bits per heavy atom. The second-order valence-electron chi connectivity index (χ2n) is 4.73. The Labute approximate surface area is 104 Å². The molecule has 0 aromatic heterocycles. The SMILES string of the molecule is CCCCC(C(=O)Oc1ccccc1)C(C)C. The molecule has 0 fully saturated rings. The molecule has 1 rings (SSSR count). The molecule has 0 aliphatic heterocycles. The molecule has 0 radical (unpaired) electrons. The van der Waals surface area contributed by atoms with Crippen molar-refractivity contribution in [2.75, 3.05) is 0 Å². The topological polar surface area (TPSA) is 26.3 Å². The van der Waals surface area contributed by atoms with E-state index in [4.69, 9.17) is 4.74 Å². The molecule has 0 spiro atoms. The molecule has 1 unspecified atom stereocenters. The van der Waals surface area contributed by atoms with Crippen LogP contribution in [0.5, 0.6) is 5.75 Å². The fraction of sp³-hybridized carbons (Fsp3) is 0.533. The summed E-state index contributed by atoms with van der Waals surface area (Å²) >= 11 is 0. The summed E-state index contributed by atoms with van der Waals surface area (Å²) in [6.45, 7) is 6.29. The standard InChI is InChI=1S/C15H22O2/c1-4-5-11-14(12(2)3)15(16)17-13-9-7-6-8-10-13/h6-10,12,14H,4-5,11H2,1-3H3. The largest absolute Gasteiger partial charge is 0.426 e. The third-order valence-corrected chi connectivity index (χ3v) is 2.94. The second kappa shape index (κ2) is 7.10. The lowest BCUT2D eigenvalue weighted by Crippen LogP contribution is -2.25. The molecular formula is C15H22O2. The highest BCUT2D eigenvalue weighted by atomic mass is 16.5. The zero-order valence-corrected chi connectivity index (χ0v) is 11.0. The van der Waals surface area contributed by atoms with Gasteiger partial charge < -0.3 is 4.74 Å². The van der Waals surface area contributed by atoms with E-state index in [-0.39, 0.29) is 11.9 Å². The van der Waals surface area contributed by atoms with Gasteiger partial charge in [0.25, 0.3) is 0 Å². The molecule has 0 aliphatic carbocycles. The molecule has 17 heavy (non-hydrogen) atoms. The third kappa shape index (κ3) is 4.59. The van der Waals surface area contributed by atoms with Crippen molar-refractivity contribution in [3.05, 3.63) is 30.3 Å². The van der Waals surface area contributed by atoms with E-state index in [1.54, 1.807) is 0 Å². The fourth-order valence-electron chi connectivity index (χ4n) is 1.83. The van der Waals surface area contributed by atoms with Crippen molar-refractivity contribution >= 4 is 5.97 Å². The normalized spacial score (nSPS) is 12.5. The van der Waals surface area contributed by atoms with Crippen LogP contribution < -0.4 is 4.74 Å². The van der Waals surface area contributed by atoms with E-state index in [0.29, 0.717) is 11.7 Å². The summed E-state index contributed by atoms with van der Waals surface area (Å²) in [5.74, 6) is 0.882. The zero-order chi connectivity index (χ0) is 12.7. The summed E-state index contributed by atoms with van der Waals surface area (Å²) in [5.41, 5.74) is 0. The van der Waals surface area contributed by atoms with Crippen molar-refractivity contribution in [3.8, 4) is 5.75 Å². The molecule has 2 heteroatoms. The van der Waals surface area contributed by atoms with Crippen LogP contribution in [0, 0.1) is 11.8 Å². The summed E-state index contributed by atoms with van der Waals surface area (Å²) in [5, 5.41) is 0. The molecule has 0 amide bonds. The smallest absolute Gasteiger partial charge is 0.314 e. The van der Waals surface area contributed by atoms with E-state index < -0.39 is 0 Å². The average Bonchev–Trinajstić information content (AvgIpc) is 2.30. The Balaban J connectivity index is 2.59.